The predicted molar refractivity (Wildman–Crippen MR) is 92.2 cm³/mol. The summed E-state index contributed by atoms with van der Waals surface area (Å²) < 4.78 is 39.6. The minimum Gasteiger partial charge on any atom is -0.354 e. The Morgan fingerprint density at radius 2 is 1.69 bits per heavy atom. The van der Waals surface area contributed by atoms with Gasteiger partial charge in [-0.1, -0.05) is 12.1 Å². The third kappa shape index (κ3) is 3.84. The Kier molecular flexibility index (Phi) is 4.67. The molecule has 0 amide bonds. The first kappa shape index (κ1) is 17.9. The van der Waals surface area contributed by atoms with E-state index in [-0.39, 0.29) is 0 Å². The van der Waals surface area contributed by atoms with Crippen LogP contribution >= 0.6 is 0 Å². The van der Waals surface area contributed by atoms with Crippen LogP contribution in [-0.2, 0) is 12.7 Å². The number of nitrogens with zero attached hydrogens (tertiary/aromatic N) is 5. The Morgan fingerprint density at radius 1 is 1.00 bits per heavy atom. The molecule has 0 saturated heterocycles. The topological polar surface area (TPSA) is 46.8 Å². The van der Waals surface area contributed by atoms with Crippen LogP contribution in [0.25, 0.3) is 5.82 Å². The van der Waals surface area contributed by atoms with Gasteiger partial charge in [-0.2, -0.15) is 18.3 Å². The molecule has 0 aliphatic heterocycles. The molecule has 0 aliphatic rings. The molecular formula is C18H18F3N5. The van der Waals surface area contributed by atoms with E-state index >= 15 is 0 Å². The Bertz CT molecular complexity index is 883. The fraction of sp³-hybridized carbons (Fsp3) is 0.278. The number of rotatable bonds is 4. The molecule has 0 radical (unpaired) electrons. The summed E-state index contributed by atoms with van der Waals surface area (Å²) in [6.45, 7) is 4.27. The second kappa shape index (κ2) is 6.78. The Labute approximate surface area is 149 Å². The molecular weight excluding hydrogens is 343 g/mol. The first-order valence-electron chi connectivity index (χ1n) is 7.98. The van der Waals surface area contributed by atoms with Crippen LogP contribution in [0.3, 0.4) is 0 Å². The van der Waals surface area contributed by atoms with E-state index in [1.54, 1.807) is 4.68 Å². The van der Waals surface area contributed by atoms with Crippen molar-refractivity contribution in [3.05, 3.63) is 65.0 Å². The van der Waals surface area contributed by atoms with Gasteiger partial charge >= 0.3 is 6.18 Å². The zero-order chi connectivity index (χ0) is 18.9. The number of halogens is 3. The van der Waals surface area contributed by atoms with E-state index in [4.69, 9.17) is 0 Å². The lowest BCUT2D eigenvalue weighted by molar-refractivity contribution is -0.137. The Balaban J connectivity index is 1.72. The molecule has 1 aromatic carbocycles. The lowest BCUT2D eigenvalue weighted by Crippen LogP contribution is -2.18. The van der Waals surface area contributed by atoms with Crippen molar-refractivity contribution in [3.8, 4) is 5.82 Å². The van der Waals surface area contributed by atoms with E-state index in [1.165, 1.54) is 12.1 Å². The molecule has 0 atom stereocenters. The first-order valence-corrected chi connectivity index (χ1v) is 7.98. The maximum atomic E-state index is 12.6. The van der Waals surface area contributed by atoms with Crippen LogP contribution in [0.5, 0.6) is 0 Å². The van der Waals surface area contributed by atoms with Gasteiger partial charge in [0.25, 0.3) is 0 Å². The van der Waals surface area contributed by atoms with Crippen LogP contribution in [-0.4, -0.2) is 27.0 Å². The number of aryl methyl sites for hydroxylation is 2. The molecule has 26 heavy (non-hydrogen) atoms. The first-order chi connectivity index (χ1) is 12.2. The fourth-order valence-electron chi connectivity index (χ4n) is 2.65. The van der Waals surface area contributed by atoms with E-state index in [2.05, 4.69) is 15.3 Å². The zero-order valence-electron chi connectivity index (χ0n) is 14.6. The summed E-state index contributed by atoms with van der Waals surface area (Å²) in [5.41, 5.74) is 1.96. The van der Waals surface area contributed by atoms with Crippen molar-refractivity contribution in [1.82, 2.24) is 20.0 Å². The number of aromatic nitrogens is 4. The highest BCUT2D eigenvalue weighted by molar-refractivity contribution is 5.40. The average Bonchev–Trinajstić information content (AvgIpc) is 2.93. The van der Waals surface area contributed by atoms with Gasteiger partial charge < -0.3 is 4.90 Å². The average molecular weight is 361 g/mol. The summed E-state index contributed by atoms with van der Waals surface area (Å²) in [5.74, 6) is 1.23. The van der Waals surface area contributed by atoms with E-state index in [1.807, 2.05) is 44.0 Å². The van der Waals surface area contributed by atoms with Gasteiger partial charge in [-0.15, -0.1) is 10.2 Å². The molecule has 2 heterocycles. The third-order valence-electron chi connectivity index (χ3n) is 3.96. The van der Waals surface area contributed by atoms with E-state index < -0.39 is 11.7 Å². The maximum absolute atomic E-state index is 12.6. The molecule has 2 aromatic heterocycles. The molecule has 3 aromatic rings. The van der Waals surface area contributed by atoms with Gasteiger partial charge in [-0.25, -0.2) is 4.68 Å². The number of benzene rings is 1. The molecule has 136 valence electrons. The number of anilines is 1. The molecule has 0 N–H and O–H groups in total. The summed E-state index contributed by atoms with van der Waals surface area (Å²) in [4.78, 5) is 1.82. The van der Waals surface area contributed by atoms with E-state index in [9.17, 15) is 13.2 Å². The van der Waals surface area contributed by atoms with Crippen molar-refractivity contribution in [3.63, 3.8) is 0 Å². The molecule has 0 bridgehead atoms. The number of alkyl halides is 3. The van der Waals surface area contributed by atoms with Crippen LogP contribution in [0.2, 0.25) is 0 Å². The predicted octanol–water partition coefficient (Wildman–Crippen LogP) is 3.93. The second-order valence-corrected chi connectivity index (χ2v) is 6.14. The van der Waals surface area contributed by atoms with E-state index in [0.717, 1.165) is 29.1 Å². The molecule has 8 heteroatoms. The molecule has 0 saturated carbocycles. The zero-order valence-corrected chi connectivity index (χ0v) is 14.6. The highest BCUT2D eigenvalue weighted by Gasteiger charge is 2.29. The van der Waals surface area contributed by atoms with Gasteiger partial charge in [0.05, 0.1) is 11.3 Å². The van der Waals surface area contributed by atoms with Crippen molar-refractivity contribution < 1.29 is 13.2 Å². The summed E-state index contributed by atoms with van der Waals surface area (Å²) in [6, 6.07) is 10.7. The third-order valence-corrected chi connectivity index (χ3v) is 3.96. The lowest BCUT2D eigenvalue weighted by atomic mass is 10.1. The van der Waals surface area contributed by atoms with Crippen molar-refractivity contribution in [2.75, 3.05) is 11.9 Å². The normalized spacial score (nSPS) is 11.6. The summed E-state index contributed by atoms with van der Waals surface area (Å²) in [5, 5.41) is 12.7. The van der Waals surface area contributed by atoms with Gasteiger partial charge in [0, 0.05) is 19.3 Å². The van der Waals surface area contributed by atoms with Crippen LogP contribution < -0.4 is 4.90 Å². The summed E-state index contributed by atoms with van der Waals surface area (Å²) in [6.07, 6.45) is -4.32. The van der Waals surface area contributed by atoms with Gasteiger partial charge in [0.15, 0.2) is 11.6 Å². The van der Waals surface area contributed by atoms with Gasteiger partial charge in [-0.3, -0.25) is 0 Å². The lowest BCUT2D eigenvalue weighted by Gasteiger charge is -2.18. The second-order valence-electron chi connectivity index (χ2n) is 6.14. The van der Waals surface area contributed by atoms with Crippen molar-refractivity contribution in [2.45, 2.75) is 26.6 Å². The van der Waals surface area contributed by atoms with Gasteiger partial charge in [0.2, 0.25) is 0 Å². The fourth-order valence-corrected chi connectivity index (χ4v) is 2.65. The maximum Gasteiger partial charge on any atom is 0.416 e. The summed E-state index contributed by atoms with van der Waals surface area (Å²) >= 11 is 0. The Hall–Kier alpha value is -2.90. The highest BCUT2D eigenvalue weighted by Crippen LogP contribution is 2.29. The van der Waals surface area contributed by atoms with Crippen molar-refractivity contribution >= 4 is 5.82 Å². The summed E-state index contributed by atoms with van der Waals surface area (Å²) in [7, 11) is 1.81. The molecule has 3 rings (SSSR count). The standard InChI is InChI=1S/C18H18F3N5/c1-12-10-13(2)26(24-12)17-9-8-16(22-23-17)25(3)11-14-4-6-15(7-5-14)18(19,20)21/h4-10H,11H2,1-3H3. The molecule has 5 nitrogen and oxygen atoms in total. The molecule has 0 unspecified atom stereocenters. The minimum absolute atomic E-state index is 0.423. The smallest absolute Gasteiger partial charge is 0.354 e. The largest absolute Gasteiger partial charge is 0.416 e. The quantitative estimate of drug-likeness (QED) is 0.706. The Morgan fingerprint density at radius 3 is 2.19 bits per heavy atom. The van der Waals surface area contributed by atoms with Crippen LogP contribution in [0.4, 0.5) is 19.0 Å². The molecule has 0 fully saturated rings. The van der Waals surface area contributed by atoms with Gasteiger partial charge in [-0.05, 0) is 49.7 Å². The monoisotopic (exact) mass is 361 g/mol. The van der Waals surface area contributed by atoms with Crippen LogP contribution in [0.1, 0.15) is 22.5 Å². The van der Waals surface area contributed by atoms with Crippen LogP contribution in [0, 0.1) is 13.8 Å². The van der Waals surface area contributed by atoms with Gasteiger partial charge in [0.1, 0.15) is 0 Å². The number of hydrogen-bond acceptors (Lipinski definition) is 4. The van der Waals surface area contributed by atoms with Crippen molar-refractivity contribution in [1.29, 1.82) is 0 Å². The highest BCUT2D eigenvalue weighted by atomic mass is 19.4. The van der Waals surface area contributed by atoms with Crippen LogP contribution in [0.15, 0.2) is 42.5 Å². The van der Waals surface area contributed by atoms with E-state index in [0.29, 0.717) is 18.2 Å². The minimum atomic E-state index is -4.32. The van der Waals surface area contributed by atoms with Crippen molar-refractivity contribution in [2.24, 2.45) is 0 Å². The molecule has 0 spiro atoms. The SMILES string of the molecule is Cc1cc(C)n(-c2ccc(N(C)Cc3ccc(C(F)(F)F)cc3)nn2)n1. The number of hydrogen-bond donors (Lipinski definition) is 0. The molecule has 0 aliphatic carbocycles.